The smallest absolute Gasteiger partial charge is 0.319 e. The summed E-state index contributed by atoms with van der Waals surface area (Å²) in [7, 11) is 0. The lowest BCUT2D eigenvalue weighted by molar-refractivity contribution is -0.131. The van der Waals surface area contributed by atoms with E-state index in [0.717, 1.165) is 25.7 Å². The van der Waals surface area contributed by atoms with Crippen molar-refractivity contribution < 1.29 is 22.3 Å². The maximum absolute atomic E-state index is 12.8. The van der Waals surface area contributed by atoms with Crippen LogP contribution in [0.15, 0.2) is 0 Å². The standard InChI is InChI=1S/C12H19F4NO/c13-10(14)12(15,16)8-17-9-3-6-18-11(7-9)4-1-2-5-11/h9-10,17H,1-8H2. The molecule has 0 amide bonds. The molecule has 0 aromatic rings. The minimum absolute atomic E-state index is 0.138. The molecule has 1 N–H and O–H groups in total. The van der Waals surface area contributed by atoms with Crippen molar-refractivity contribution in [3.8, 4) is 0 Å². The van der Waals surface area contributed by atoms with Gasteiger partial charge in [-0.05, 0) is 25.7 Å². The van der Waals surface area contributed by atoms with Crippen LogP contribution in [-0.2, 0) is 4.74 Å². The summed E-state index contributed by atoms with van der Waals surface area (Å²) in [5, 5.41) is 2.58. The molecule has 0 aromatic carbocycles. The molecule has 0 aromatic heterocycles. The first-order valence-corrected chi connectivity index (χ1v) is 6.47. The lowest BCUT2D eigenvalue weighted by Gasteiger charge is -2.39. The number of halogens is 4. The van der Waals surface area contributed by atoms with E-state index in [1.165, 1.54) is 0 Å². The largest absolute Gasteiger partial charge is 0.375 e. The maximum atomic E-state index is 12.8. The molecule has 18 heavy (non-hydrogen) atoms. The summed E-state index contributed by atoms with van der Waals surface area (Å²) in [6.45, 7) is -0.427. The first-order chi connectivity index (χ1) is 8.44. The van der Waals surface area contributed by atoms with Crippen LogP contribution < -0.4 is 5.32 Å². The Morgan fingerprint density at radius 3 is 2.56 bits per heavy atom. The molecule has 2 fully saturated rings. The molecule has 2 nitrogen and oxygen atoms in total. The summed E-state index contributed by atoms with van der Waals surface area (Å²) < 4.78 is 55.5. The Morgan fingerprint density at radius 2 is 1.94 bits per heavy atom. The lowest BCUT2D eigenvalue weighted by Crippen LogP contribution is -2.49. The number of rotatable bonds is 4. The molecular weight excluding hydrogens is 250 g/mol. The Kier molecular flexibility index (Phi) is 4.16. The number of ether oxygens (including phenoxy) is 1. The first kappa shape index (κ1) is 14.1. The normalized spacial score (nSPS) is 28.2. The Labute approximate surface area is 104 Å². The van der Waals surface area contributed by atoms with Crippen LogP contribution in [0.1, 0.15) is 38.5 Å². The summed E-state index contributed by atoms with van der Waals surface area (Å²) in [6.07, 6.45) is 1.77. The molecule has 0 radical (unpaired) electrons. The predicted molar refractivity (Wildman–Crippen MR) is 59.1 cm³/mol. The van der Waals surface area contributed by atoms with Gasteiger partial charge in [-0.3, -0.25) is 0 Å². The van der Waals surface area contributed by atoms with E-state index in [4.69, 9.17) is 4.74 Å². The van der Waals surface area contributed by atoms with Gasteiger partial charge in [-0.2, -0.15) is 8.78 Å². The van der Waals surface area contributed by atoms with Gasteiger partial charge in [0.1, 0.15) is 0 Å². The molecule has 2 rings (SSSR count). The Bertz CT molecular complexity index is 279. The number of hydrogen-bond donors (Lipinski definition) is 1. The van der Waals surface area contributed by atoms with E-state index in [0.29, 0.717) is 19.4 Å². The van der Waals surface area contributed by atoms with E-state index in [9.17, 15) is 17.6 Å². The van der Waals surface area contributed by atoms with Crippen LogP contribution in [0.3, 0.4) is 0 Å². The van der Waals surface area contributed by atoms with E-state index in [2.05, 4.69) is 5.32 Å². The van der Waals surface area contributed by atoms with Gasteiger partial charge in [0.05, 0.1) is 12.1 Å². The van der Waals surface area contributed by atoms with Crippen molar-refractivity contribution in [3.63, 3.8) is 0 Å². The van der Waals surface area contributed by atoms with Gasteiger partial charge in [-0.25, -0.2) is 8.78 Å². The highest BCUT2D eigenvalue weighted by molar-refractivity contribution is 4.94. The molecule has 1 saturated carbocycles. The molecule has 106 valence electrons. The van der Waals surface area contributed by atoms with E-state index < -0.39 is 18.9 Å². The molecule has 1 atom stereocenters. The molecule has 1 aliphatic heterocycles. The quantitative estimate of drug-likeness (QED) is 0.792. The molecule has 1 heterocycles. The van der Waals surface area contributed by atoms with Crippen LogP contribution in [0.5, 0.6) is 0 Å². The third-order valence-corrected chi connectivity index (χ3v) is 3.95. The van der Waals surface area contributed by atoms with Crippen LogP contribution in [0, 0.1) is 0 Å². The first-order valence-electron chi connectivity index (χ1n) is 6.47. The van der Waals surface area contributed by atoms with Crippen LogP contribution in [0.2, 0.25) is 0 Å². The summed E-state index contributed by atoms with van der Waals surface area (Å²) in [5.41, 5.74) is -0.184. The zero-order chi connectivity index (χ0) is 13.2. The van der Waals surface area contributed by atoms with Gasteiger partial charge in [0, 0.05) is 12.6 Å². The third-order valence-electron chi connectivity index (χ3n) is 3.95. The molecule has 1 saturated heterocycles. The third kappa shape index (κ3) is 3.15. The van der Waals surface area contributed by atoms with Gasteiger partial charge in [-0.1, -0.05) is 12.8 Å². The molecule has 0 bridgehead atoms. The maximum Gasteiger partial charge on any atom is 0.319 e. The number of alkyl halides is 4. The van der Waals surface area contributed by atoms with Gasteiger partial charge in [0.25, 0.3) is 0 Å². The summed E-state index contributed by atoms with van der Waals surface area (Å²) in [6, 6.07) is -0.138. The van der Waals surface area contributed by atoms with E-state index in [-0.39, 0.29) is 11.6 Å². The fourth-order valence-electron chi connectivity index (χ4n) is 2.93. The van der Waals surface area contributed by atoms with Crippen LogP contribution in [-0.4, -0.2) is 37.1 Å². The minimum Gasteiger partial charge on any atom is -0.375 e. The molecule has 6 heteroatoms. The molecular formula is C12H19F4NO. The Morgan fingerprint density at radius 1 is 1.28 bits per heavy atom. The predicted octanol–water partition coefficient (Wildman–Crippen LogP) is 2.97. The second kappa shape index (κ2) is 5.33. The molecule has 1 spiro atoms. The highest BCUT2D eigenvalue weighted by Crippen LogP contribution is 2.40. The molecule has 2 aliphatic rings. The highest BCUT2D eigenvalue weighted by Gasteiger charge is 2.43. The fourth-order valence-corrected chi connectivity index (χ4v) is 2.93. The van der Waals surface area contributed by atoms with Gasteiger partial charge in [-0.15, -0.1) is 0 Å². The summed E-state index contributed by atoms with van der Waals surface area (Å²) in [4.78, 5) is 0. The van der Waals surface area contributed by atoms with E-state index in [1.54, 1.807) is 0 Å². The van der Waals surface area contributed by atoms with Crippen LogP contribution in [0.25, 0.3) is 0 Å². The second-order valence-corrected chi connectivity index (χ2v) is 5.37. The van der Waals surface area contributed by atoms with Crippen molar-refractivity contribution in [2.24, 2.45) is 0 Å². The van der Waals surface area contributed by atoms with E-state index in [1.807, 2.05) is 0 Å². The van der Waals surface area contributed by atoms with Crippen molar-refractivity contribution in [2.75, 3.05) is 13.2 Å². The van der Waals surface area contributed by atoms with Crippen molar-refractivity contribution in [1.82, 2.24) is 5.32 Å². The summed E-state index contributed by atoms with van der Waals surface area (Å²) >= 11 is 0. The second-order valence-electron chi connectivity index (χ2n) is 5.37. The van der Waals surface area contributed by atoms with Gasteiger partial charge < -0.3 is 10.1 Å². The van der Waals surface area contributed by atoms with E-state index >= 15 is 0 Å². The number of hydrogen-bond acceptors (Lipinski definition) is 2. The van der Waals surface area contributed by atoms with Crippen molar-refractivity contribution in [3.05, 3.63) is 0 Å². The SMILES string of the molecule is FC(F)C(F)(F)CNC1CCOC2(CCCC2)C1. The fraction of sp³-hybridized carbons (Fsp3) is 1.00. The zero-order valence-electron chi connectivity index (χ0n) is 10.2. The Balaban J connectivity index is 1.83. The minimum atomic E-state index is -3.94. The van der Waals surface area contributed by atoms with Crippen LogP contribution in [0.4, 0.5) is 17.6 Å². The van der Waals surface area contributed by atoms with Gasteiger partial charge in [0.2, 0.25) is 0 Å². The average Bonchev–Trinajstić information content (AvgIpc) is 2.75. The van der Waals surface area contributed by atoms with Gasteiger partial charge >= 0.3 is 12.3 Å². The van der Waals surface area contributed by atoms with Crippen molar-refractivity contribution >= 4 is 0 Å². The monoisotopic (exact) mass is 269 g/mol. The van der Waals surface area contributed by atoms with Crippen molar-refractivity contribution in [1.29, 1.82) is 0 Å². The number of nitrogens with one attached hydrogen (secondary N) is 1. The molecule has 1 aliphatic carbocycles. The summed E-state index contributed by atoms with van der Waals surface area (Å²) in [5.74, 6) is -3.94. The lowest BCUT2D eigenvalue weighted by atomic mass is 9.89. The zero-order valence-corrected chi connectivity index (χ0v) is 10.2. The Hall–Kier alpha value is -0.360. The highest BCUT2D eigenvalue weighted by atomic mass is 19.3. The van der Waals surface area contributed by atoms with Crippen LogP contribution >= 0.6 is 0 Å². The average molecular weight is 269 g/mol. The van der Waals surface area contributed by atoms with Crippen molar-refractivity contribution in [2.45, 2.75) is 62.5 Å². The topological polar surface area (TPSA) is 21.3 Å². The molecule has 1 unspecified atom stereocenters. The van der Waals surface area contributed by atoms with Gasteiger partial charge in [0.15, 0.2) is 0 Å².